The quantitative estimate of drug-likeness (QED) is 0.511. The highest BCUT2D eigenvalue weighted by Gasteiger charge is 2.10. The zero-order chi connectivity index (χ0) is 16.7. The molecule has 2 aromatic rings. The number of halogens is 2. The third-order valence-corrected chi connectivity index (χ3v) is 5.10. The Morgan fingerprint density at radius 3 is 1.57 bits per heavy atom. The van der Waals surface area contributed by atoms with Crippen LogP contribution in [0.5, 0.6) is 0 Å². The SMILES string of the molecule is CCCCc1cc(F)ccc1Sc1ccc(F)cc1CCCC. The molecule has 3 heteroatoms. The highest BCUT2D eigenvalue weighted by Crippen LogP contribution is 2.35. The van der Waals surface area contributed by atoms with Gasteiger partial charge in [0.1, 0.15) is 11.6 Å². The molecule has 2 rings (SSSR count). The fourth-order valence-corrected chi connectivity index (χ4v) is 3.63. The van der Waals surface area contributed by atoms with Gasteiger partial charge in [0.25, 0.3) is 0 Å². The normalized spacial score (nSPS) is 11.0. The van der Waals surface area contributed by atoms with Gasteiger partial charge < -0.3 is 0 Å². The number of aryl methyl sites for hydroxylation is 2. The minimum absolute atomic E-state index is 0.189. The fraction of sp³-hybridized carbons (Fsp3) is 0.400. The number of hydrogen-bond donors (Lipinski definition) is 0. The molecule has 0 aliphatic carbocycles. The Balaban J connectivity index is 2.27. The molecule has 0 fully saturated rings. The second-order valence-electron chi connectivity index (χ2n) is 5.81. The first-order valence-corrected chi connectivity index (χ1v) is 9.20. The van der Waals surface area contributed by atoms with E-state index in [4.69, 9.17) is 0 Å². The molecule has 2 aromatic carbocycles. The Kier molecular flexibility index (Phi) is 7.10. The van der Waals surface area contributed by atoms with Crippen LogP contribution in [-0.4, -0.2) is 0 Å². The van der Waals surface area contributed by atoms with Crippen LogP contribution >= 0.6 is 11.8 Å². The predicted molar refractivity (Wildman–Crippen MR) is 94.1 cm³/mol. The third kappa shape index (κ3) is 5.35. The third-order valence-electron chi connectivity index (χ3n) is 3.86. The number of benzene rings is 2. The zero-order valence-electron chi connectivity index (χ0n) is 13.9. The van der Waals surface area contributed by atoms with E-state index < -0.39 is 0 Å². The highest BCUT2D eigenvalue weighted by atomic mass is 32.2. The molecule has 0 nitrogen and oxygen atoms in total. The lowest BCUT2D eigenvalue weighted by Gasteiger charge is -2.13. The van der Waals surface area contributed by atoms with Crippen LogP contribution in [0, 0.1) is 11.6 Å². The Bertz CT molecular complexity index is 582. The monoisotopic (exact) mass is 334 g/mol. The largest absolute Gasteiger partial charge is 0.207 e. The maximum Gasteiger partial charge on any atom is 0.123 e. The summed E-state index contributed by atoms with van der Waals surface area (Å²) in [5.74, 6) is -0.378. The van der Waals surface area contributed by atoms with Gasteiger partial charge in [0.05, 0.1) is 0 Å². The number of unbranched alkanes of at least 4 members (excludes halogenated alkanes) is 2. The van der Waals surface area contributed by atoms with E-state index in [-0.39, 0.29) is 11.6 Å². The van der Waals surface area contributed by atoms with Gasteiger partial charge in [-0.1, -0.05) is 38.5 Å². The fourth-order valence-electron chi connectivity index (χ4n) is 2.54. The summed E-state index contributed by atoms with van der Waals surface area (Å²) in [5.41, 5.74) is 2.09. The van der Waals surface area contributed by atoms with E-state index in [1.165, 1.54) is 12.1 Å². The van der Waals surface area contributed by atoms with Crippen LogP contribution in [0.1, 0.15) is 50.7 Å². The lowest BCUT2D eigenvalue weighted by molar-refractivity contribution is 0.621. The lowest BCUT2D eigenvalue weighted by Crippen LogP contribution is -1.94. The summed E-state index contributed by atoms with van der Waals surface area (Å²) in [6.07, 6.45) is 6.01. The van der Waals surface area contributed by atoms with Gasteiger partial charge in [0, 0.05) is 9.79 Å². The van der Waals surface area contributed by atoms with Gasteiger partial charge in [0.15, 0.2) is 0 Å². The van der Waals surface area contributed by atoms with Crippen LogP contribution in [0.2, 0.25) is 0 Å². The van der Waals surface area contributed by atoms with Gasteiger partial charge in [-0.15, -0.1) is 0 Å². The van der Waals surface area contributed by atoms with Crippen molar-refractivity contribution in [3.63, 3.8) is 0 Å². The average Bonchev–Trinajstić information content (AvgIpc) is 2.54. The molecule has 0 aliphatic rings. The van der Waals surface area contributed by atoms with Crippen LogP contribution in [0.4, 0.5) is 8.78 Å². The molecule has 0 atom stereocenters. The predicted octanol–water partition coefficient (Wildman–Crippen LogP) is 6.80. The summed E-state index contributed by atoms with van der Waals surface area (Å²) in [7, 11) is 0. The Labute approximate surface area is 142 Å². The summed E-state index contributed by atoms with van der Waals surface area (Å²) in [4.78, 5) is 2.15. The molecule has 0 amide bonds. The van der Waals surface area contributed by atoms with Crippen molar-refractivity contribution in [2.75, 3.05) is 0 Å². The molecule has 0 unspecified atom stereocenters. The van der Waals surface area contributed by atoms with E-state index in [2.05, 4.69) is 13.8 Å². The van der Waals surface area contributed by atoms with Gasteiger partial charge in [-0.3, -0.25) is 0 Å². The molecule has 23 heavy (non-hydrogen) atoms. The average molecular weight is 334 g/mol. The number of rotatable bonds is 8. The lowest BCUT2D eigenvalue weighted by atomic mass is 10.1. The van der Waals surface area contributed by atoms with Crippen LogP contribution in [0.15, 0.2) is 46.2 Å². The molecule has 0 aliphatic heterocycles. The molecular formula is C20H24F2S. The van der Waals surface area contributed by atoms with E-state index in [1.807, 2.05) is 12.1 Å². The van der Waals surface area contributed by atoms with Crippen LogP contribution < -0.4 is 0 Å². The van der Waals surface area contributed by atoms with Gasteiger partial charge >= 0.3 is 0 Å². The Morgan fingerprint density at radius 1 is 0.739 bits per heavy atom. The summed E-state index contributed by atoms with van der Waals surface area (Å²) in [6, 6.07) is 9.97. The summed E-state index contributed by atoms with van der Waals surface area (Å²) in [5, 5.41) is 0. The van der Waals surface area contributed by atoms with Crippen molar-refractivity contribution in [3.8, 4) is 0 Å². The molecule has 0 aromatic heterocycles. The first-order chi connectivity index (χ1) is 11.1. The van der Waals surface area contributed by atoms with E-state index in [1.54, 1.807) is 23.9 Å². The summed E-state index contributed by atoms with van der Waals surface area (Å²) < 4.78 is 27.1. The summed E-state index contributed by atoms with van der Waals surface area (Å²) in [6.45, 7) is 4.27. The molecule has 124 valence electrons. The molecular weight excluding hydrogens is 310 g/mol. The van der Waals surface area contributed by atoms with Crippen molar-refractivity contribution in [1.82, 2.24) is 0 Å². The zero-order valence-corrected chi connectivity index (χ0v) is 14.7. The second-order valence-corrected chi connectivity index (χ2v) is 6.90. The maximum atomic E-state index is 13.6. The van der Waals surface area contributed by atoms with Crippen LogP contribution in [0.25, 0.3) is 0 Å². The molecule has 0 spiro atoms. The number of hydrogen-bond acceptors (Lipinski definition) is 1. The first kappa shape index (κ1) is 18.0. The highest BCUT2D eigenvalue weighted by molar-refractivity contribution is 7.99. The van der Waals surface area contributed by atoms with E-state index in [0.717, 1.165) is 59.4 Å². The van der Waals surface area contributed by atoms with Gasteiger partial charge in [0.2, 0.25) is 0 Å². The standard InChI is InChI=1S/C20H24F2S/c1-3-5-7-15-13-17(21)9-11-19(15)23-20-12-10-18(22)14-16(20)8-6-4-2/h9-14H,3-8H2,1-2H3. The minimum atomic E-state index is -0.189. The van der Waals surface area contributed by atoms with Gasteiger partial charge in [-0.25, -0.2) is 8.78 Å². The summed E-state index contributed by atoms with van der Waals surface area (Å²) >= 11 is 1.63. The van der Waals surface area contributed by atoms with E-state index >= 15 is 0 Å². The van der Waals surface area contributed by atoms with Crippen molar-refractivity contribution in [1.29, 1.82) is 0 Å². The molecule has 0 N–H and O–H groups in total. The van der Waals surface area contributed by atoms with Crippen molar-refractivity contribution in [2.24, 2.45) is 0 Å². The van der Waals surface area contributed by atoms with Gasteiger partial charge in [-0.2, -0.15) is 0 Å². The van der Waals surface area contributed by atoms with Crippen molar-refractivity contribution in [2.45, 2.75) is 62.2 Å². The molecule has 0 radical (unpaired) electrons. The van der Waals surface area contributed by atoms with Crippen molar-refractivity contribution < 1.29 is 8.78 Å². The maximum absolute atomic E-state index is 13.6. The van der Waals surface area contributed by atoms with Crippen LogP contribution in [0.3, 0.4) is 0 Å². The molecule has 0 saturated heterocycles. The molecule has 0 bridgehead atoms. The van der Waals surface area contributed by atoms with Crippen molar-refractivity contribution in [3.05, 3.63) is 59.2 Å². The van der Waals surface area contributed by atoms with Crippen LogP contribution in [-0.2, 0) is 12.8 Å². The van der Waals surface area contributed by atoms with Crippen molar-refractivity contribution >= 4 is 11.8 Å². The van der Waals surface area contributed by atoms with E-state index in [9.17, 15) is 8.78 Å². The smallest absolute Gasteiger partial charge is 0.123 e. The minimum Gasteiger partial charge on any atom is -0.207 e. The second kappa shape index (κ2) is 9.07. The van der Waals surface area contributed by atoms with Gasteiger partial charge in [-0.05, 0) is 73.2 Å². The Hall–Kier alpha value is -1.35. The van der Waals surface area contributed by atoms with E-state index in [0.29, 0.717) is 0 Å². The molecule has 0 saturated carbocycles. The first-order valence-electron chi connectivity index (χ1n) is 8.38. The molecule has 0 heterocycles. The Morgan fingerprint density at radius 2 is 1.17 bits per heavy atom. The topological polar surface area (TPSA) is 0 Å².